The summed E-state index contributed by atoms with van der Waals surface area (Å²) < 4.78 is 0. The molecule has 2 atom stereocenters. The molecule has 1 N–H and O–H groups in total. The molecule has 0 saturated carbocycles. The number of Topliss-reactive ketones (excluding diaryl/α,β-unsaturated/α-hetero) is 1. The van der Waals surface area contributed by atoms with E-state index in [0.29, 0.717) is 16.5 Å². The molecule has 0 amide bonds. The van der Waals surface area contributed by atoms with E-state index in [0.717, 1.165) is 5.39 Å². The number of carbonyl (C=O) groups is 1. The largest absolute Gasteiger partial charge is 0.371 e. The lowest BCUT2D eigenvalue weighted by atomic mass is 9.87. The van der Waals surface area contributed by atoms with Gasteiger partial charge in [-0.15, -0.1) is 0 Å². The summed E-state index contributed by atoms with van der Waals surface area (Å²) in [5.41, 5.74) is -1.40. The fraction of sp³-hybridized carbons (Fsp3) is 0.214. The minimum Gasteiger partial charge on any atom is -0.371 e. The van der Waals surface area contributed by atoms with Crippen LogP contribution in [0.3, 0.4) is 0 Å². The Labute approximate surface area is 108 Å². The van der Waals surface area contributed by atoms with Gasteiger partial charge < -0.3 is 5.11 Å². The van der Waals surface area contributed by atoms with Gasteiger partial charge in [-0.2, -0.15) is 0 Å². The fourth-order valence-corrected chi connectivity index (χ4v) is 2.74. The maximum absolute atomic E-state index is 12.4. The van der Waals surface area contributed by atoms with Crippen LogP contribution in [0.1, 0.15) is 22.8 Å². The van der Waals surface area contributed by atoms with Gasteiger partial charge in [0, 0.05) is 23.0 Å². The van der Waals surface area contributed by atoms with Crippen molar-refractivity contribution in [2.45, 2.75) is 18.6 Å². The predicted octanol–water partition coefficient (Wildman–Crippen LogP) is 1.89. The zero-order chi connectivity index (χ0) is 13.8. The number of hydrogen-bond acceptors (Lipinski definition) is 4. The summed E-state index contributed by atoms with van der Waals surface area (Å²) in [4.78, 5) is 22.8. The van der Waals surface area contributed by atoms with E-state index in [1.165, 1.54) is 6.92 Å². The molecule has 0 radical (unpaired) electrons. The number of nitro groups is 1. The van der Waals surface area contributed by atoms with Crippen LogP contribution in [0.25, 0.3) is 10.8 Å². The van der Waals surface area contributed by atoms with Crippen molar-refractivity contribution in [2.24, 2.45) is 0 Å². The molecule has 0 bridgehead atoms. The minimum absolute atomic E-state index is 0.329. The third-order valence-corrected chi connectivity index (χ3v) is 3.83. The van der Waals surface area contributed by atoms with E-state index in [1.807, 2.05) is 12.1 Å². The third kappa shape index (κ3) is 1.30. The molecule has 3 rings (SSSR count). The molecule has 1 aliphatic rings. The van der Waals surface area contributed by atoms with Gasteiger partial charge in [0.2, 0.25) is 17.4 Å². The summed E-state index contributed by atoms with van der Waals surface area (Å²) in [6, 6.07) is 8.82. The van der Waals surface area contributed by atoms with Crippen molar-refractivity contribution < 1.29 is 14.8 Å². The van der Waals surface area contributed by atoms with Crippen molar-refractivity contribution in [3.05, 3.63) is 57.6 Å². The maximum atomic E-state index is 12.4. The number of nitrogens with zero attached hydrogens (tertiary/aromatic N) is 1. The van der Waals surface area contributed by atoms with Crippen LogP contribution in [0.5, 0.6) is 0 Å². The van der Waals surface area contributed by atoms with Crippen LogP contribution >= 0.6 is 0 Å². The van der Waals surface area contributed by atoms with Crippen molar-refractivity contribution in [1.29, 1.82) is 0 Å². The fourth-order valence-electron chi connectivity index (χ4n) is 2.74. The molecule has 0 saturated heterocycles. The molecular formula is C14H11NO4. The first-order valence-corrected chi connectivity index (χ1v) is 5.91. The van der Waals surface area contributed by atoms with E-state index in [-0.39, 0.29) is 0 Å². The summed E-state index contributed by atoms with van der Waals surface area (Å²) in [6.07, 6.45) is 0. The maximum Gasteiger partial charge on any atom is 0.250 e. The van der Waals surface area contributed by atoms with E-state index in [4.69, 9.17) is 0 Å². The molecule has 5 nitrogen and oxygen atoms in total. The van der Waals surface area contributed by atoms with E-state index >= 15 is 0 Å². The standard InChI is InChI=1S/C14H11NO4/c1-8(15(18)19)14(17)11-7-3-5-9-4-2-6-10(12(9)11)13(14)16/h2-8,17H,1H3/t8-,14+/m1/s1. The van der Waals surface area contributed by atoms with Gasteiger partial charge in [-0.3, -0.25) is 14.9 Å². The Morgan fingerprint density at radius 3 is 2.53 bits per heavy atom. The summed E-state index contributed by atoms with van der Waals surface area (Å²) in [5, 5.41) is 23.1. The molecule has 5 heteroatoms. The smallest absolute Gasteiger partial charge is 0.250 e. The van der Waals surface area contributed by atoms with Crippen LogP contribution in [0, 0.1) is 10.1 Å². The highest BCUT2D eigenvalue weighted by Gasteiger charge is 2.55. The zero-order valence-corrected chi connectivity index (χ0v) is 10.2. The number of benzene rings is 2. The second-order valence-corrected chi connectivity index (χ2v) is 4.77. The van der Waals surface area contributed by atoms with Crippen molar-refractivity contribution in [1.82, 2.24) is 0 Å². The van der Waals surface area contributed by atoms with E-state index < -0.39 is 22.3 Å². The predicted molar refractivity (Wildman–Crippen MR) is 68.6 cm³/mol. The Balaban J connectivity index is 2.38. The average molecular weight is 257 g/mol. The van der Waals surface area contributed by atoms with Gasteiger partial charge in [-0.05, 0) is 10.8 Å². The molecule has 0 aliphatic heterocycles. The summed E-state index contributed by atoms with van der Waals surface area (Å²) in [5.74, 6) is -0.594. The highest BCUT2D eigenvalue weighted by Crippen LogP contribution is 2.43. The lowest BCUT2D eigenvalue weighted by Gasteiger charge is -2.23. The third-order valence-electron chi connectivity index (χ3n) is 3.83. The molecule has 96 valence electrons. The van der Waals surface area contributed by atoms with Crippen molar-refractivity contribution >= 4 is 16.6 Å². The topological polar surface area (TPSA) is 80.4 Å². The Morgan fingerprint density at radius 1 is 1.26 bits per heavy atom. The number of hydrogen-bond donors (Lipinski definition) is 1. The van der Waals surface area contributed by atoms with Crippen molar-refractivity contribution in [3.63, 3.8) is 0 Å². The lowest BCUT2D eigenvalue weighted by molar-refractivity contribution is -0.537. The normalized spacial score (nSPS) is 22.7. The van der Waals surface area contributed by atoms with Crippen LogP contribution in [-0.2, 0) is 5.60 Å². The minimum atomic E-state index is -2.08. The van der Waals surface area contributed by atoms with Crippen LogP contribution in [0.15, 0.2) is 36.4 Å². The Morgan fingerprint density at radius 2 is 1.89 bits per heavy atom. The molecule has 19 heavy (non-hydrogen) atoms. The van der Waals surface area contributed by atoms with E-state index in [9.17, 15) is 20.0 Å². The zero-order valence-electron chi connectivity index (χ0n) is 10.2. The molecule has 0 spiro atoms. The quantitative estimate of drug-likeness (QED) is 0.658. The molecule has 0 aromatic heterocycles. The van der Waals surface area contributed by atoms with Crippen molar-refractivity contribution in [3.8, 4) is 0 Å². The summed E-state index contributed by atoms with van der Waals surface area (Å²) in [7, 11) is 0. The molecule has 0 fully saturated rings. The van der Waals surface area contributed by atoms with Crippen LogP contribution in [-0.4, -0.2) is 21.9 Å². The van der Waals surface area contributed by atoms with Crippen LogP contribution in [0.4, 0.5) is 0 Å². The first-order valence-electron chi connectivity index (χ1n) is 5.91. The van der Waals surface area contributed by atoms with Crippen molar-refractivity contribution in [2.75, 3.05) is 0 Å². The van der Waals surface area contributed by atoms with Gasteiger partial charge in [0.15, 0.2) is 0 Å². The van der Waals surface area contributed by atoms with Gasteiger partial charge in [0.05, 0.1) is 0 Å². The second-order valence-electron chi connectivity index (χ2n) is 4.77. The molecule has 0 unspecified atom stereocenters. The Bertz CT molecular complexity index is 719. The first kappa shape index (κ1) is 11.8. The monoisotopic (exact) mass is 257 g/mol. The Hall–Kier alpha value is -2.27. The van der Waals surface area contributed by atoms with Crippen LogP contribution in [0.2, 0.25) is 0 Å². The van der Waals surface area contributed by atoms with Gasteiger partial charge >= 0.3 is 0 Å². The molecule has 1 aliphatic carbocycles. The summed E-state index contributed by atoms with van der Waals surface area (Å²) in [6.45, 7) is 1.25. The van der Waals surface area contributed by atoms with Gasteiger partial charge in [-0.25, -0.2) is 0 Å². The second kappa shape index (κ2) is 3.61. The average Bonchev–Trinajstić information content (AvgIpc) is 2.64. The van der Waals surface area contributed by atoms with E-state index in [1.54, 1.807) is 24.3 Å². The molecule has 0 heterocycles. The van der Waals surface area contributed by atoms with Gasteiger partial charge in [-0.1, -0.05) is 36.4 Å². The highest BCUT2D eigenvalue weighted by atomic mass is 16.6. The number of carbonyl (C=O) groups excluding carboxylic acids is 1. The Kier molecular flexibility index (Phi) is 2.24. The molecule has 2 aromatic carbocycles. The number of aliphatic hydroxyl groups is 1. The highest BCUT2D eigenvalue weighted by molar-refractivity contribution is 6.19. The van der Waals surface area contributed by atoms with Crippen LogP contribution < -0.4 is 0 Å². The summed E-state index contributed by atoms with van der Waals surface area (Å²) >= 11 is 0. The van der Waals surface area contributed by atoms with Gasteiger partial charge in [0.25, 0.3) is 0 Å². The first-order chi connectivity index (χ1) is 8.98. The molecule has 2 aromatic rings. The van der Waals surface area contributed by atoms with Gasteiger partial charge in [0.1, 0.15) is 0 Å². The number of ketones is 1. The van der Waals surface area contributed by atoms with E-state index in [2.05, 4.69) is 0 Å². The number of rotatable bonds is 2. The SMILES string of the molecule is C[C@@H]([N+](=O)[O-])[C@@]1(O)C(=O)c2cccc3cccc1c23. The molecular weight excluding hydrogens is 246 g/mol. The lowest BCUT2D eigenvalue weighted by Crippen LogP contribution is -2.46.